The number of carbonyl (C=O) groups is 3. The van der Waals surface area contributed by atoms with Crippen LogP contribution in [0.2, 0.25) is 0 Å². The van der Waals surface area contributed by atoms with Crippen molar-refractivity contribution < 1.29 is 28.6 Å². The van der Waals surface area contributed by atoms with Crippen molar-refractivity contribution in [1.82, 2.24) is 0 Å². The molecule has 0 N–H and O–H groups in total. The molecule has 0 unspecified atom stereocenters. The van der Waals surface area contributed by atoms with Gasteiger partial charge in [-0.15, -0.1) is 0 Å². The van der Waals surface area contributed by atoms with Gasteiger partial charge in [-0.1, -0.05) is 220 Å². The lowest BCUT2D eigenvalue weighted by Crippen LogP contribution is -2.30. The molecule has 0 aliphatic heterocycles. The molecular weight excluding hydrogens is 648 g/mol. The fraction of sp³-hybridized carbons (Fsp3) is 0.935. The van der Waals surface area contributed by atoms with Crippen LogP contribution in [0.1, 0.15) is 258 Å². The average Bonchev–Trinajstić information content (AvgIpc) is 3.14. The predicted octanol–water partition coefficient (Wildman–Crippen LogP) is 14.5. The molecule has 0 radical (unpaired) electrons. The Morgan fingerprint density at radius 3 is 0.769 bits per heavy atom. The molecule has 0 saturated heterocycles. The third kappa shape index (κ3) is 39.6. The summed E-state index contributed by atoms with van der Waals surface area (Å²) in [5.41, 5.74) is 0. The second kappa shape index (κ2) is 42.2. The first kappa shape index (κ1) is 50.4. The molecule has 0 aromatic carbocycles. The van der Waals surface area contributed by atoms with Gasteiger partial charge in [0, 0.05) is 19.3 Å². The van der Waals surface area contributed by atoms with Crippen LogP contribution in [0.3, 0.4) is 0 Å². The summed E-state index contributed by atoms with van der Waals surface area (Å²) in [6, 6.07) is 0. The maximum atomic E-state index is 12.7. The lowest BCUT2D eigenvalue weighted by molar-refractivity contribution is -0.167. The molecule has 6 nitrogen and oxygen atoms in total. The number of hydrogen-bond acceptors (Lipinski definition) is 6. The first-order chi connectivity index (χ1) is 25.5. The van der Waals surface area contributed by atoms with Crippen LogP contribution in [-0.4, -0.2) is 37.2 Å². The first-order valence-corrected chi connectivity index (χ1v) is 23.0. The zero-order valence-corrected chi connectivity index (χ0v) is 35.1. The van der Waals surface area contributed by atoms with E-state index in [2.05, 4.69) is 20.8 Å². The molecule has 0 rings (SSSR count). The van der Waals surface area contributed by atoms with Crippen LogP contribution in [0.25, 0.3) is 0 Å². The number of hydrogen-bond donors (Lipinski definition) is 0. The average molecular weight is 737 g/mol. The number of ether oxygens (including phenoxy) is 3. The Labute approximate surface area is 323 Å². The molecule has 0 saturated carbocycles. The van der Waals surface area contributed by atoms with E-state index in [1.165, 1.54) is 161 Å². The van der Waals surface area contributed by atoms with Crippen molar-refractivity contribution in [3.8, 4) is 0 Å². The lowest BCUT2D eigenvalue weighted by Gasteiger charge is -2.18. The monoisotopic (exact) mass is 737 g/mol. The van der Waals surface area contributed by atoms with E-state index >= 15 is 0 Å². The highest BCUT2D eigenvalue weighted by atomic mass is 16.6. The Kier molecular flexibility index (Phi) is 40.9. The molecule has 0 aliphatic rings. The zero-order chi connectivity index (χ0) is 38.0. The highest BCUT2D eigenvalue weighted by Gasteiger charge is 2.19. The molecule has 0 bridgehead atoms. The predicted molar refractivity (Wildman–Crippen MR) is 220 cm³/mol. The van der Waals surface area contributed by atoms with Crippen molar-refractivity contribution in [2.45, 2.75) is 264 Å². The smallest absolute Gasteiger partial charge is 0.306 e. The summed E-state index contributed by atoms with van der Waals surface area (Å²) in [6.07, 6.45) is 42.3. The topological polar surface area (TPSA) is 78.9 Å². The molecule has 0 amide bonds. The van der Waals surface area contributed by atoms with Gasteiger partial charge < -0.3 is 14.2 Å². The molecule has 0 aromatic heterocycles. The van der Waals surface area contributed by atoms with Crippen LogP contribution in [0.4, 0.5) is 0 Å². The van der Waals surface area contributed by atoms with E-state index in [1.54, 1.807) is 0 Å². The van der Waals surface area contributed by atoms with E-state index < -0.39 is 6.10 Å². The van der Waals surface area contributed by atoms with Crippen molar-refractivity contribution in [3.05, 3.63) is 0 Å². The van der Waals surface area contributed by atoms with Gasteiger partial charge in [-0.05, 0) is 19.3 Å². The van der Waals surface area contributed by atoms with Gasteiger partial charge in [-0.3, -0.25) is 14.4 Å². The van der Waals surface area contributed by atoms with Gasteiger partial charge in [0.25, 0.3) is 0 Å². The molecule has 0 aromatic rings. The second-order valence-corrected chi connectivity index (χ2v) is 15.7. The SMILES string of the molecule is CCCCCCCCCCCCCCCCCC(=O)O[C@H](COC(=O)CCCCCCCCCCC)COC(=O)CCCCCCCCCCCC. The maximum Gasteiger partial charge on any atom is 0.306 e. The minimum Gasteiger partial charge on any atom is -0.462 e. The Balaban J connectivity index is 4.29. The van der Waals surface area contributed by atoms with E-state index in [0.717, 1.165) is 57.8 Å². The van der Waals surface area contributed by atoms with Crippen molar-refractivity contribution in [3.63, 3.8) is 0 Å². The van der Waals surface area contributed by atoms with Crippen LogP contribution in [0, 0.1) is 0 Å². The highest BCUT2D eigenvalue weighted by molar-refractivity contribution is 5.71. The van der Waals surface area contributed by atoms with Crippen LogP contribution in [-0.2, 0) is 28.6 Å². The summed E-state index contributed by atoms with van der Waals surface area (Å²) in [5.74, 6) is -0.854. The fourth-order valence-electron chi connectivity index (χ4n) is 6.85. The van der Waals surface area contributed by atoms with Crippen LogP contribution < -0.4 is 0 Å². The fourth-order valence-corrected chi connectivity index (χ4v) is 6.85. The third-order valence-corrected chi connectivity index (χ3v) is 10.4. The molecule has 6 heteroatoms. The van der Waals surface area contributed by atoms with Gasteiger partial charge >= 0.3 is 17.9 Å². The number of carbonyl (C=O) groups excluding carboxylic acids is 3. The van der Waals surface area contributed by atoms with Gasteiger partial charge in [0.05, 0.1) is 0 Å². The van der Waals surface area contributed by atoms with Crippen molar-refractivity contribution in [1.29, 1.82) is 0 Å². The van der Waals surface area contributed by atoms with E-state index in [9.17, 15) is 14.4 Å². The largest absolute Gasteiger partial charge is 0.462 e. The number of unbranched alkanes of at least 4 members (excludes halogenated alkanes) is 31. The number of rotatable bonds is 42. The molecule has 52 heavy (non-hydrogen) atoms. The maximum absolute atomic E-state index is 12.7. The summed E-state index contributed by atoms with van der Waals surface area (Å²) in [6.45, 7) is 6.63. The van der Waals surface area contributed by atoms with Crippen molar-refractivity contribution in [2.24, 2.45) is 0 Å². The third-order valence-electron chi connectivity index (χ3n) is 10.4. The quantitative estimate of drug-likeness (QED) is 0.0353. The van der Waals surface area contributed by atoms with Gasteiger partial charge in [0.1, 0.15) is 13.2 Å². The molecule has 0 aliphatic carbocycles. The summed E-state index contributed by atoms with van der Waals surface area (Å²) in [4.78, 5) is 37.6. The summed E-state index contributed by atoms with van der Waals surface area (Å²) >= 11 is 0. The van der Waals surface area contributed by atoms with E-state index in [0.29, 0.717) is 19.3 Å². The van der Waals surface area contributed by atoms with E-state index in [1.807, 2.05) is 0 Å². The summed E-state index contributed by atoms with van der Waals surface area (Å²) in [7, 11) is 0. The number of esters is 3. The second-order valence-electron chi connectivity index (χ2n) is 15.7. The highest BCUT2D eigenvalue weighted by Crippen LogP contribution is 2.16. The molecular formula is C46H88O6. The Morgan fingerprint density at radius 2 is 0.519 bits per heavy atom. The lowest BCUT2D eigenvalue weighted by atomic mass is 10.0. The van der Waals surface area contributed by atoms with Crippen molar-refractivity contribution in [2.75, 3.05) is 13.2 Å². The minimum absolute atomic E-state index is 0.0630. The first-order valence-electron chi connectivity index (χ1n) is 23.0. The van der Waals surface area contributed by atoms with Crippen LogP contribution in [0.15, 0.2) is 0 Å². The normalized spacial score (nSPS) is 11.8. The van der Waals surface area contributed by atoms with Gasteiger partial charge in [0.15, 0.2) is 6.10 Å². The Hall–Kier alpha value is -1.59. The van der Waals surface area contributed by atoms with E-state index in [4.69, 9.17) is 14.2 Å². The molecule has 0 heterocycles. The summed E-state index contributed by atoms with van der Waals surface area (Å²) in [5, 5.41) is 0. The molecule has 308 valence electrons. The van der Waals surface area contributed by atoms with E-state index in [-0.39, 0.29) is 31.1 Å². The Morgan fingerprint density at radius 1 is 0.308 bits per heavy atom. The van der Waals surface area contributed by atoms with Gasteiger partial charge in [-0.2, -0.15) is 0 Å². The summed E-state index contributed by atoms with van der Waals surface area (Å²) < 4.78 is 16.7. The van der Waals surface area contributed by atoms with Crippen LogP contribution in [0.5, 0.6) is 0 Å². The standard InChI is InChI=1S/C46H88O6/c1-4-7-10-13-16-19-21-22-23-24-25-28-31-34-37-40-46(49)52-43(41-50-44(47)38-35-32-29-26-18-15-12-9-6-3)42-51-45(48)39-36-33-30-27-20-17-14-11-8-5-2/h43H,4-42H2,1-3H3/t43-/m1/s1. The van der Waals surface area contributed by atoms with Gasteiger partial charge in [-0.25, -0.2) is 0 Å². The zero-order valence-electron chi connectivity index (χ0n) is 35.1. The van der Waals surface area contributed by atoms with Crippen molar-refractivity contribution >= 4 is 17.9 Å². The molecule has 0 fully saturated rings. The Bertz CT molecular complexity index is 768. The van der Waals surface area contributed by atoms with Crippen LogP contribution >= 0.6 is 0 Å². The van der Waals surface area contributed by atoms with Gasteiger partial charge in [0.2, 0.25) is 0 Å². The molecule has 0 spiro atoms. The minimum atomic E-state index is -0.757. The molecule has 1 atom stereocenters.